The van der Waals surface area contributed by atoms with Gasteiger partial charge in [-0.05, 0) is 43.0 Å². The number of rotatable bonds is 3. The van der Waals surface area contributed by atoms with Crippen molar-refractivity contribution in [1.29, 1.82) is 0 Å². The van der Waals surface area contributed by atoms with Gasteiger partial charge in [0.1, 0.15) is 0 Å². The van der Waals surface area contributed by atoms with Crippen molar-refractivity contribution in [2.75, 3.05) is 26.7 Å². The first-order valence-corrected chi connectivity index (χ1v) is 9.80. The molecule has 1 atom stereocenters. The first-order valence-electron chi connectivity index (χ1n) is 9.01. The number of hydrogen-bond donors (Lipinski definition) is 1. The predicted molar refractivity (Wildman–Crippen MR) is 99.8 cm³/mol. The molecule has 1 aromatic rings. The summed E-state index contributed by atoms with van der Waals surface area (Å²) in [5, 5.41) is 2.93. The maximum absolute atomic E-state index is 12.8. The van der Waals surface area contributed by atoms with Crippen LogP contribution < -0.4 is 5.32 Å². The number of halogens is 1. The zero-order valence-electron chi connectivity index (χ0n) is 14.8. The number of carbonyl (C=O) groups excluding carboxylic acids is 3. The number of fused-ring (bicyclic) bond motifs is 2. The Morgan fingerprint density at radius 1 is 1.35 bits per heavy atom. The van der Waals surface area contributed by atoms with Gasteiger partial charge in [-0.25, -0.2) is 0 Å². The third kappa shape index (κ3) is 3.13. The van der Waals surface area contributed by atoms with E-state index in [1.165, 1.54) is 0 Å². The van der Waals surface area contributed by atoms with Crippen LogP contribution >= 0.6 is 15.9 Å². The molecule has 2 fully saturated rings. The van der Waals surface area contributed by atoms with Crippen molar-refractivity contribution in [2.45, 2.75) is 37.1 Å². The molecule has 1 saturated carbocycles. The van der Waals surface area contributed by atoms with Crippen LogP contribution in [0.1, 0.15) is 41.6 Å². The van der Waals surface area contributed by atoms with Gasteiger partial charge in [-0.15, -0.1) is 0 Å². The third-order valence-corrected chi connectivity index (χ3v) is 6.27. The molecule has 1 spiro atoms. The fraction of sp³-hybridized carbons (Fsp3) is 0.526. The lowest BCUT2D eigenvalue weighted by molar-refractivity contribution is -0.133. The highest BCUT2D eigenvalue weighted by Crippen LogP contribution is 2.52. The summed E-state index contributed by atoms with van der Waals surface area (Å²) in [4.78, 5) is 40.4. The fourth-order valence-corrected chi connectivity index (χ4v) is 4.41. The molecule has 2 heterocycles. The van der Waals surface area contributed by atoms with Gasteiger partial charge in [0.25, 0.3) is 5.91 Å². The zero-order chi connectivity index (χ0) is 18.5. The van der Waals surface area contributed by atoms with Gasteiger partial charge in [-0.1, -0.05) is 15.9 Å². The van der Waals surface area contributed by atoms with Crippen LogP contribution in [0.3, 0.4) is 0 Å². The molecule has 0 aromatic heterocycles. The Balaban J connectivity index is 1.44. The van der Waals surface area contributed by atoms with E-state index in [-0.39, 0.29) is 35.7 Å². The normalized spacial score (nSPS) is 23.8. The fourth-order valence-electron chi connectivity index (χ4n) is 4.05. The van der Waals surface area contributed by atoms with Crippen LogP contribution in [-0.4, -0.2) is 60.2 Å². The number of nitrogens with one attached hydrogen (secondary N) is 1. The summed E-state index contributed by atoms with van der Waals surface area (Å²) in [6.07, 6.45) is 3.18. The van der Waals surface area contributed by atoms with Crippen LogP contribution in [0.25, 0.3) is 0 Å². The Morgan fingerprint density at radius 3 is 2.81 bits per heavy atom. The van der Waals surface area contributed by atoms with E-state index in [9.17, 15) is 14.4 Å². The van der Waals surface area contributed by atoms with Gasteiger partial charge in [0.2, 0.25) is 11.8 Å². The standard InChI is InChI=1S/C19H22BrN3O3/c1-22-7-4-13(9-17(22)25)21-16(24)10-23-11-19(5-6-19)15-8-12(20)2-3-14(15)18(23)26/h2-3,8,13H,4-7,9-11H2,1H3,(H,21,24)/t13-/m1/s1. The van der Waals surface area contributed by atoms with Crippen LogP contribution in [-0.2, 0) is 15.0 Å². The topological polar surface area (TPSA) is 69.7 Å². The minimum absolute atomic E-state index is 0.0107. The molecule has 1 N–H and O–H groups in total. The Bertz CT molecular complexity index is 790. The number of likely N-dealkylation sites (tertiary alicyclic amines) is 1. The minimum atomic E-state index is -0.183. The summed E-state index contributed by atoms with van der Waals surface area (Å²) in [5.41, 5.74) is 1.82. The molecule has 26 heavy (non-hydrogen) atoms. The quantitative estimate of drug-likeness (QED) is 0.809. The van der Waals surface area contributed by atoms with Crippen LogP contribution in [0.2, 0.25) is 0 Å². The van der Waals surface area contributed by atoms with E-state index >= 15 is 0 Å². The van der Waals surface area contributed by atoms with Crippen molar-refractivity contribution >= 4 is 33.7 Å². The first kappa shape index (κ1) is 17.5. The van der Waals surface area contributed by atoms with Crippen LogP contribution in [0.4, 0.5) is 0 Å². The average Bonchev–Trinajstić information content (AvgIpc) is 3.36. The third-order valence-electron chi connectivity index (χ3n) is 5.78. The van der Waals surface area contributed by atoms with Crippen LogP contribution in [0.5, 0.6) is 0 Å². The van der Waals surface area contributed by atoms with Gasteiger partial charge < -0.3 is 15.1 Å². The van der Waals surface area contributed by atoms with Crippen LogP contribution in [0, 0.1) is 0 Å². The molecule has 0 bridgehead atoms. The summed E-state index contributed by atoms with van der Waals surface area (Å²) >= 11 is 3.49. The highest BCUT2D eigenvalue weighted by molar-refractivity contribution is 9.10. The summed E-state index contributed by atoms with van der Waals surface area (Å²) < 4.78 is 0.980. The second kappa shape index (κ2) is 6.37. The highest BCUT2D eigenvalue weighted by Gasteiger charge is 2.51. The highest BCUT2D eigenvalue weighted by atomic mass is 79.9. The molecular formula is C19H22BrN3O3. The molecule has 6 nitrogen and oxygen atoms in total. The minimum Gasteiger partial charge on any atom is -0.351 e. The summed E-state index contributed by atoms with van der Waals surface area (Å²) in [6.45, 7) is 1.30. The molecule has 0 unspecified atom stereocenters. The van der Waals surface area contributed by atoms with E-state index in [1.54, 1.807) is 16.8 Å². The Hall–Kier alpha value is -1.89. The molecule has 4 rings (SSSR count). The first-order chi connectivity index (χ1) is 12.4. The Morgan fingerprint density at radius 2 is 2.12 bits per heavy atom. The van der Waals surface area contributed by atoms with Crippen molar-refractivity contribution in [3.63, 3.8) is 0 Å². The predicted octanol–water partition coefficient (Wildman–Crippen LogP) is 1.67. The molecule has 3 aliphatic rings. The maximum Gasteiger partial charge on any atom is 0.254 e. The molecule has 3 amide bonds. The van der Waals surface area contributed by atoms with Gasteiger partial charge in [-0.3, -0.25) is 14.4 Å². The molecule has 1 saturated heterocycles. The smallest absolute Gasteiger partial charge is 0.254 e. The van der Waals surface area contributed by atoms with Crippen molar-refractivity contribution in [3.05, 3.63) is 33.8 Å². The number of nitrogens with zero attached hydrogens (tertiary/aromatic N) is 2. The molecule has 138 valence electrons. The van der Waals surface area contributed by atoms with Gasteiger partial charge in [0.05, 0.1) is 6.54 Å². The lowest BCUT2D eigenvalue weighted by Gasteiger charge is -2.35. The average molecular weight is 420 g/mol. The van der Waals surface area contributed by atoms with Gasteiger partial charge in [0.15, 0.2) is 0 Å². The van der Waals surface area contributed by atoms with E-state index in [4.69, 9.17) is 0 Å². The van der Waals surface area contributed by atoms with Gasteiger partial charge >= 0.3 is 0 Å². The van der Waals surface area contributed by atoms with E-state index in [0.29, 0.717) is 25.1 Å². The summed E-state index contributed by atoms with van der Waals surface area (Å²) in [7, 11) is 1.78. The maximum atomic E-state index is 12.8. The molecule has 1 aromatic carbocycles. The summed E-state index contributed by atoms with van der Waals surface area (Å²) in [6, 6.07) is 5.63. The van der Waals surface area contributed by atoms with E-state index in [2.05, 4.69) is 21.2 Å². The lowest BCUT2D eigenvalue weighted by atomic mass is 9.86. The van der Waals surface area contributed by atoms with E-state index in [0.717, 1.165) is 29.3 Å². The van der Waals surface area contributed by atoms with Crippen molar-refractivity contribution in [2.24, 2.45) is 0 Å². The second-order valence-corrected chi connectivity index (χ2v) is 8.62. The number of amides is 3. The summed E-state index contributed by atoms with van der Waals surface area (Å²) in [5.74, 6) is -0.219. The van der Waals surface area contributed by atoms with Crippen LogP contribution in [0.15, 0.2) is 22.7 Å². The van der Waals surface area contributed by atoms with Crippen molar-refractivity contribution < 1.29 is 14.4 Å². The molecule has 7 heteroatoms. The largest absolute Gasteiger partial charge is 0.351 e. The number of hydrogen-bond acceptors (Lipinski definition) is 3. The molecule has 1 aliphatic carbocycles. The monoisotopic (exact) mass is 419 g/mol. The lowest BCUT2D eigenvalue weighted by Crippen LogP contribution is -2.51. The molecule has 2 aliphatic heterocycles. The number of piperidine rings is 1. The Labute approximate surface area is 161 Å². The van der Waals surface area contributed by atoms with E-state index < -0.39 is 0 Å². The SMILES string of the molecule is CN1CC[C@@H](NC(=O)CN2CC3(CC3)c3cc(Br)ccc3C2=O)CC1=O. The number of carbonyl (C=O) groups is 3. The zero-order valence-corrected chi connectivity index (χ0v) is 16.3. The van der Waals surface area contributed by atoms with Crippen molar-refractivity contribution in [1.82, 2.24) is 15.1 Å². The van der Waals surface area contributed by atoms with Crippen molar-refractivity contribution in [3.8, 4) is 0 Å². The molecular weight excluding hydrogens is 398 g/mol. The Kier molecular flexibility index (Phi) is 4.29. The van der Waals surface area contributed by atoms with Gasteiger partial charge in [-0.2, -0.15) is 0 Å². The molecule has 0 radical (unpaired) electrons. The number of benzene rings is 1. The second-order valence-electron chi connectivity index (χ2n) is 7.70. The van der Waals surface area contributed by atoms with E-state index in [1.807, 2.05) is 18.2 Å². The van der Waals surface area contributed by atoms with Gasteiger partial charge in [0, 0.05) is 48.1 Å².